The number of esters is 1. The van der Waals surface area contributed by atoms with E-state index in [0.29, 0.717) is 18.9 Å². The smallest absolute Gasteiger partial charge is 0.340 e. The summed E-state index contributed by atoms with van der Waals surface area (Å²) >= 11 is 0. The summed E-state index contributed by atoms with van der Waals surface area (Å²) < 4.78 is 19.1. The van der Waals surface area contributed by atoms with Crippen LogP contribution in [0.25, 0.3) is 0 Å². The molecular weight excluding hydrogens is 315 g/mol. The molecule has 0 bridgehead atoms. The predicted octanol–water partition coefficient (Wildman–Crippen LogP) is 7.40. The zero-order valence-corrected chi connectivity index (χ0v) is 17.2. The number of unbranched alkanes of at least 4 members (excludes halogenated alkanes) is 10. The lowest BCUT2D eigenvalue weighted by Crippen LogP contribution is -2.22. The Morgan fingerprint density at radius 2 is 1.28 bits per heavy atom. The quantitative estimate of drug-likeness (QED) is 0.188. The van der Waals surface area contributed by atoms with Crippen LogP contribution in [0.5, 0.6) is 0 Å². The molecule has 0 heterocycles. The van der Waals surface area contributed by atoms with Gasteiger partial charge in [-0.3, -0.25) is 0 Å². The van der Waals surface area contributed by atoms with Gasteiger partial charge in [-0.15, -0.1) is 0 Å². The minimum Gasteiger partial charge on any atom is -0.463 e. The van der Waals surface area contributed by atoms with Crippen molar-refractivity contribution in [1.82, 2.24) is 0 Å². The van der Waals surface area contributed by atoms with Gasteiger partial charge in [0.25, 0.3) is 0 Å². The molecule has 2 unspecified atom stereocenters. The average Bonchev–Trinajstić information content (AvgIpc) is 2.63. The van der Waals surface area contributed by atoms with E-state index in [-0.39, 0.29) is 0 Å². The average molecular weight is 359 g/mol. The fourth-order valence-electron chi connectivity index (χ4n) is 3.12. The van der Waals surface area contributed by atoms with Gasteiger partial charge in [-0.2, -0.15) is 0 Å². The molecule has 150 valence electrons. The molecule has 0 saturated carbocycles. The number of hydrogen-bond acceptors (Lipinski definition) is 2. The Morgan fingerprint density at radius 1 is 0.760 bits per heavy atom. The Balaban J connectivity index is 3.54. The van der Waals surface area contributed by atoms with E-state index in [4.69, 9.17) is 4.74 Å². The largest absolute Gasteiger partial charge is 0.463 e. The minimum absolute atomic E-state index is 0.321. The second-order valence-electron chi connectivity index (χ2n) is 7.48. The third-order valence-electron chi connectivity index (χ3n) is 5.07. The second kappa shape index (κ2) is 18.2. The van der Waals surface area contributed by atoms with Gasteiger partial charge in [-0.25, -0.2) is 9.18 Å². The summed E-state index contributed by atoms with van der Waals surface area (Å²) in [5.41, 5.74) is 0. The van der Waals surface area contributed by atoms with Gasteiger partial charge in [0, 0.05) is 0 Å². The summed E-state index contributed by atoms with van der Waals surface area (Å²) in [6, 6.07) is 0. The molecule has 0 amide bonds. The molecule has 0 rings (SSSR count). The van der Waals surface area contributed by atoms with E-state index in [1.54, 1.807) is 0 Å². The molecule has 0 aromatic rings. The molecule has 2 atom stereocenters. The van der Waals surface area contributed by atoms with Crippen LogP contribution < -0.4 is 0 Å². The summed E-state index contributed by atoms with van der Waals surface area (Å²) in [6.07, 6.45) is 15.4. The number of carbonyl (C=O) groups excluding carboxylic acids is 1. The van der Waals surface area contributed by atoms with Crippen LogP contribution in [-0.4, -0.2) is 18.7 Å². The first-order valence-corrected chi connectivity index (χ1v) is 11.0. The van der Waals surface area contributed by atoms with Gasteiger partial charge in [0.1, 0.15) is 0 Å². The maximum Gasteiger partial charge on any atom is 0.340 e. The lowest BCUT2D eigenvalue weighted by atomic mass is 10.0. The third-order valence-corrected chi connectivity index (χ3v) is 5.07. The van der Waals surface area contributed by atoms with Crippen molar-refractivity contribution in [3.63, 3.8) is 0 Å². The summed E-state index contributed by atoms with van der Waals surface area (Å²) in [5.74, 6) is -0.265. The lowest BCUT2D eigenvalue weighted by molar-refractivity contribution is -0.151. The van der Waals surface area contributed by atoms with Crippen LogP contribution in [0.15, 0.2) is 0 Å². The molecule has 0 N–H and O–H groups in total. The van der Waals surface area contributed by atoms with Gasteiger partial charge in [0.2, 0.25) is 0 Å². The molecule has 25 heavy (non-hydrogen) atoms. The van der Waals surface area contributed by atoms with E-state index >= 15 is 0 Å². The van der Waals surface area contributed by atoms with Crippen molar-refractivity contribution in [3.05, 3.63) is 0 Å². The summed E-state index contributed by atoms with van der Waals surface area (Å²) in [6.45, 7) is 6.88. The highest BCUT2D eigenvalue weighted by molar-refractivity contribution is 5.74. The van der Waals surface area contributed by atoms with Crippen molar-refractivity contribution in [2.24, 2.45) is 5.92 Å². The van der Waals surface area contributed by atoms with Crippen LogP contribution in [0.4, 0.5) is 4.39 Å². The molecule has 0 aliphatic heterocycles. The topological polar surface area (TPSA) is 26.3 Å². The highest BCUT2D eigenvalue weighted by Crippen LogP contribution is 2.16. The second-order valence-corrected chi connectivity index (χ2v) is 7.48. The van der Waals surface area contributed by atoms with Crippen LogP contribution >= 0.6 is 0 Å². The number of carbonyl (C=O) groups is 1. The van der Waals surface area contributed by atoms with Gasteiger partial charge in [0.15, 0.2) is 6.17 Å². The van der Waals surface area contributed by atoms with Gasteiger partial charge in [-0.1, -0.05) is 97.8 Å². The Hall–Kier alpha value is -0.600. The normalized spacial score (nSPS) is 13.6. The zero-order chi connectivity index (χ0) is 18.8. The van der Waals surface area contributed by atoms with Crippen molar-refractivity contribution in [2.45, 2.75) is 123 Å². The molecule has 0 aliphatic carbocycles. The first-order valence-electron chi connectivity index (χ1n) is 11.0. The van der Waals surface area contributed by atoms with E-state index in [9.17, 15) is 9.18 Å². The van der Waals surface area contributed by atoms with Crippen LogP contribution in [0.3, 0.4) is 0 Å². The molecule has 0 spiro atoms. The van der Waals surface area contributed by atoms with Gasteiger partial charge in [-0.05, 0) is 25.2 Å². The molecule has 3 heteroatoms. The van der Waals surface area contributed by atoms with Gasteiger partial charge in [0.05, 0.1) is 6.61 Å². The molecule has 0 aromatic carbocycles. The SMILES string of the molecule is CCCCCCCCCCCCC(F)C(=O)OCC(CC)CCCC. The molecular formula is C22H43FO2. The monoisotopic (exact) mass is 358 g/mol. The Bertz CT molecular complexity index is 294. The van der Waals surface area contributed by atoms with Crippen LogP contribution in [0, 0.1) is 5.92 Å². The first-order chi connectivity index (χ1) is 12.2. The van der Waals surface area contributed by atoms with E-state index in [1.807, 2.05) is 0 Å². The van der Waals surface area contributed by atoms with Gasteiger partial charge >= 0.3 is 5.97 Å². The Morgan fingerprint density at radius 3 is 1.80 bits per heavy atom. The number of rotatable bonds is 18. The van der Waals surface area contributed by atoms with E-state index in [1.165, 1.54) is 44.9 Å². The first kappa shape index (κ1) is 24.4. The van der Waals surface area contributed by atoms with E-state index in [2.05, 4.69) is 20.8 Å². The third kappa shape index (κ3) is 15.4. The number of ether oxygens (including phenoxy) is 1. The molecule has 0 fully saturated rings. The standard InChI is InChI=1S/C22H43FO2/c1-4-7-9-10-11-12-13-14-15-16-18-21(23)22(24)25-19-20(6-3)17-8-5-2/h20-21H,4-19H2,1-3H3. The van der Waals surface area contributed by atoms with Crippen molar-refractivity contribution < 1.29 is 13.9 Å². The molecule has 0 aliphatic rings. The molecule has 0 aromatic heterocycles. The summed E-state index contributed by atoms with van der Waals surface area (Å²) in [5, 5.41) is 0. The van der Waals surface area contributed by atoms with Crippen molar-refractivity contribution in [1.29, 1.82) is 0 Å². The Kier molecular flexibility index (Phi) is 17.8. The van der Waals surface area contributed by atoms with Crippen LogP contribution in [0.1, 0.15) is 117 Å². The number of hydrogen-bond donors (Lipinski definition) is 0. The lowest BCUT2D eigenvalue weighted by Gasteiger charge is -2.15. The maximum atomic E-state index is 13.9. The van der Waals surface area contributed by atoms with Crippen molar-refractivity contribution in [2.75, 3.05) is 6.61 Å². The molecule has 0 radical (unpaired) electrons. The van der Waals surface area contributed by atoms with Crippen LogP contribution in [-0.2, 0) is 9.53 Å². The highest BCUT2D eigenvalue weighted by Gasteiger charge is 2.19. The number of alkyl halides is 1. The summed E-state index contributed by atoms with van der Waals surface area (Å²) in [4.78, 5) is 11.7. The van der Waals surface area contributed by atoms with E-state index < -0.39 is 12.1 Å². The summed E-state index contributed by atoms with van der Waals surface area (Å²) in [7, 11) is 0. The highest BCUT2D eigenvalue weighted by atomic mass is 19.1. The number of halogens is 1. The van der Waals surface area contributed by atoms with E-state index in [0.717, 1.165) is 44.9 Å². The fourth-order valence-corrected chi connectivity index (χ4v) is 3.12. The Labute approximate surface area is 156 Å². The fraction of sp³-hybridized carbons (Fsp3) is 0.955. The zero-order valence-electron chi connectivity index (χ0n) is 17.2. The van der Waals surface area contributed by atoms with Gasteiger partial charge < -0.3 is 4.74 Å². The predicted molar refractivity (Wildman–Crippen MR) is 106 cm³/mol. The minimum atomic E-state index is -1.43. The van der Waals surface area contributed by atoms with Crippen molar-refractivity contribution in [3.8, 4) is 0 Å². The molecule has 2 nitrogen and oxygen atoms in total. The maximum absolute atomic E-state index is 13.9. The van der Waals surface area contributed by atoms with Crippen molar-refractivity contribution >= 4 is 5.97 Å². The molecule has 0 saturated heterocycles. The van der Waals surface area contributed by atoms with Crippen LogP contribution in [0.2, 0.25) is 0 Å².